The smallest absolute Gasteiger partial charge is 0.241 e. The van der Waals surface area contributed by atoms with Crippen molar-refractivity contribution in [3.05, 3.63) is 40.6 Å². The van der Waals surface area contributed by atoms with Crippen molar-refractivity contribution in [3.8, 4) is 17.1 Å². The van der Waals surface area contributed by atoms with Gasteiger partial charge in [-0.2, -0.15) is 4.98 Å². The van der Waals surface area contributed by atoms with E-state index in [0.717, 1.165) is 58.4 Å². The van der Waals surface area contributed by atoms with Crippen molar-refractivity contribution < 1.29 is 18.9 Å². The largest absolute Gasteiger partial charge is 0.491 e. The third kappa shape index (κ3) is 5.12. The molecule has 1 saturated heterocycles. The third-order valence-electron chi connectivity index (χ3n) is 5.93. The standard InChI is InChI=1S/C23H28N6O4S/c1-14-22(15(2)32-26-14)23-25-21(33-27-23)12-29-8-6-28(7-9-29)11-17(30)13-31-18-4-5-20-19(10-18)24-16(3)34-20/h4-5,10,17,30H,6-9,11-13H2,1-3H3/t17-/m1/s1. The highest BCUT2D eigenvalue weighted by molar-refractivity contribution is 7.18. The summed E-state index contributed by atoms with van der Waals surface area (Å²) in [6, 6.07) is 5.88. The Kier molecular flexibility index (Phi) is 6.59. The molecule has 5 rings (SSSR count). The zero-order valence-corrected chi connectivity index (χ0v) is 20.3. The van der Waals surface area contributed by atoms with Crippen molar-refractivity contribution in [2.75, 3.05) is 39.3 Å². The van der Waals surface area contributed by atoms with Crippen LogP contribution in [-0.2, 0) is 6.54 Å². The molecule has 0 unspecified atom stereocenters. The molecule has 1 fully saturated rings. The molecule has 4 heterocycles. The molecular formula is C23H28N6O4S. The number of nitrogens with zero attached hydrogens (tertiary/aromatic N) is 6. The summed E-state index contributed by atoms with van der Waals surface area (Å²) in [5.74, 6) is 2.50. The highest BCUT2D eigenvalue weighted by atomic mass is 32.1. The maximum atomic E-state index is 10.5. The fraction of sp³-hybridized carbons (Fsp3) is 0.478. The Labute approximate surface area is 201 Å². The Morgan fingerprint density at radius 2 is 1.85 bits per heavy atom. The van der Waals surface area contributed by atoms with Crippen LogP contribution in [0, 0.1) is 20.8 Å². The molecule has 0 amide bonds. The van der Waals surface area contributed by atoms with Crippen molar-refractivity contribution in [1.82, 2.24) is 30.1 Å². The lowest BCUT2D eigenvalue weighted by Gasteiger charge is -2.34. The number of benzene rings is 1. The molecule has 1 atom stereocenters. The number of thiazole rings is 1. The number of ether oxygens (including phenoxy) is 1. The Morgan fingerprint density at radius 3 is 2.62 bits per heavy atom. The van der Waals surface area contributed by atoms with Gasteiger partial charge in [-0.3, -0.25) is 9.80 Å². The van der Waals surface area contributed by atoms with Crippen LogP contribution < -0.4 is 4.74 Å². The number of β-amino-alcohol motifs (C(OH)–C–C–N with tert-alkyl or cyclic N) is 1. The minimum absolute atomic E-state index is 0.251. The van der Waals surface area contributed by atoms with Crippen molar-refractivity contribution >= 4 is 21.6 Å². The lowest BCUT2D eigenvalue weighted by atomic mass is 10.2. The molecule has 1 aliphatic rings. The van der Waals surface area contributed by atoms with E-state index in [4.69, 9.17) is 13.8 Å². The summed E-state index contributed by atoms with van der Waals surface area (Å²) >= 11 is 1.66. The summed E-state index contributed by atoms with van der Waals surface area (Å²) in [5.41, 5.74) is 2.48. The van der Waals surface area contributed by atoms with Crippen LogP contribution in [0.1, 0.15) is 22.4 Å². The first kappa shape index (κ1) is 22.9. The van der Waals surface area contributed by atoms with Gasteiger partial charge in [-0.1, -0.05) is 10.3 Å². The van der Waals surface area contributed by atoms with Crippen molar-refractivity contribution in [3.63, 3.8) is 0 Å². The molecule has 10 nitrogen and oxygen atoms in total. The van der Waals surface area contributed by atoms with Gasteiger partial charge in [0.05, 0.1) is 33.0 Å². The number of hydrogen-bond donors (Lipinski definition) is 1. The van der Waals surface area contributed by atoms with Gasteiger partial charge in [0, 0.05) is 38.8 Å². The number of hydrogen-bond acceptors (Lipinski definition) is 11. The first-order valence-corrected chi connectivity index (χ1v) is 12.1. The third-order valence-corrected chi connectivity index (χ3v) is 6.88. The molecular weight excluding hydrogens is 456 g/mol. The second kappa shape index (κ2) is 9.79. The van der Waals surface area contributed by atoms with Gasteiger partial charge in [-0.15, -0.1) is 11.3 Å². The molecule has 0 aliphatic carbocycles. The summed E-state index contributed by atoms with van der Waals surface area (Å²) < 4.78 is 17.6. The minimum atomic E-state index is -0.562. The highest BCUT2D eigenvalue weighted by Gasteiger charge is 2.23. The molecule has 1 aromatic carbocycles. The Balaban J connectivity index is 1.07. The zero-order valence-electron chi connectivity index (χ0n) is 19.5. The maximum absolute atomic E-state index is 10.5. The van der Waals surface area contributed by atoms with E-state index < -0.39 is 6.10 Å². The lowest BCUT2D eigenvalue weighted by Crippen LogP contribution is -2.48. The Hall–Kier alpha value is -2.86. The number of rotatable bonds is 8. The van der Waals surface area contributed by atoms with E-state index >= 15 is 0 Å². The fourth-order valence-electron chi connectivity index (χ4n) is 4.20. The van der Waals surface area contributed by atoms with E-state index in [9.17, 15) is 5.11 Å². The van der Waals surface area contributed by atoms with Crippen LogP contribution in [0.2, 0.25) is 0 Å². The Bertz CT molecular complexity index is 1240. The first-order valence-electron chi connectivity index (χ1n) is 11.3. The van der Waals surface area contributed by atoms with Gasteiger partial charge in [0.1, 0.15) is 24.2 Å². The van der Waals surface area contributed by atoms with Gasteiger partial charge >= 0.3 is 0 Å². The summed E-state index contributed by atoms with van der Waals surface area (Å²) in [5, 5.41) is 19.6. The molecule has 0 saturated carbocycles. The number of fused-ring (bicyclic) bond motifs is 1. The van der Waals surface area contributed by atoms with Crippen LogP contribution in [0.4, 0.5) is 0 Å². The van der Waals surface area contributed by atoms with Crippen LogP contribution in [0.15, 0.2) is 27.2 Å². The molecule has 34 heavy (non-hydrogen) atoms. The number of aliphatic hydroxyl groups is 1. The van der Waals surface area contributed by atoms with Gasteiger partial charge in [0.15, 0.2) is 0 Å². The van der Waals surface area contributed by atoms with Crippen LogP contribution in [0.25, 0.3) is 21.6 Å². The maximum Gasteiger partial charge on any atom is 0.241 e. The molecule has 180 valence electrons. The average Bonchev–Trinajstić information content (AvgIpc) is 3.51. The second-order valence-corrected chi connectivity index (χ2v) is 9.85. The van der Waals surface area contributed by atoms with Crippen LogP contribution in [0.5, 0.6) is 5.75 Å². The summed E-state index contributed by atoms with van der Waals surface area (Å²) in [7, 11) is 0. The van der Waals surface area contributed by atoms with E-state index in [2.05, 4.69) is 30.1 Å². The van der Waals surface area contributed by atoms with Crippen LogP contribution >= 0.6 is 11.3 Å². The number of aliphatic hydroxyl groups excluding tert-OH is 1. The monoisotopic (exact) mass is 484 g/mol. The SMILES string of the molecule is Cc1nc2cc(OC[C@H](O)CN3CCN(Cc4nc(-c5c(C)noc5C)no4)CC3)ccc2s1. The van der Waals surface area contributed by atoms with Gasteiger partial charge in [-0.25, -0.2) is 4.98 Å². The molecule has 4 aromatic rings. The Morgan fingerprint density at radius 1 is 1.06 bits per heavy atom. The molecule has 0 radical (unpaired) electrons. The minimum Gasteiger partial charge on any atom is -0.491 e. The van der Waals surface area contributed by atoms with Gasteiger partial charge < -0.3 is 18.9 Å². The zero-order chi connectivity index (χ0) is 23.7. The van der Waals surface area contributed by atoms with Gasteiger partial charge in [-0.05, 0) is 32.9 Å². The normalized spacial score (nSPS) is 16.4. The highest BCUT2D eigenvalue weighted by Crippen LogP contribution is 2.26. The number of piperazine rings is 1. The van der Waals surface area contributed by atoms with E-state index in [1.165, 1.54) is 0 Å². The van der Waals surface area contributed by atoms with E-state index in [1.807, 2.05) is 39.0 Å². The molecule has 1 aliphatic heterocycles. The van der Waals surface area contributed by atoms with Gasteiger partial charge in [0.25, 0.3) is 0 Å². The number of aryl methyl sites for hydroxylation is 3. The van der Waals surface area contributed by atoms with Crippen molar-refractivity contribution in [2.24, 2.45) is 0 Å². The quantitative estimate of drug-likeness (QED) is 0.400. The summed E-state index contributed by atoms with van der Waals surface area (Å²) in [6.07, 6.45) is -0.562. The van der Waals surface area contributed by atoms with Crippen molar-refractivity contribution in [1.29, 1.82) is 0 Å². The van der Waals surface area contributed by atoms with E-state index in [-0.39, 0.29) is 6.61 Å². The molecule has 1 N–H and O–H groups in total. The molecule has 0 spiro atoms. The van der Waals surface area contributed by atoms with Gasteiger partial charge in [0.2, 0.25) is 11.7 Å². The topological polar surface area (TPSA) is 114 Å². The summed E-state index contributed by atoms with van der Waals surface area (Å²) in [6.45, 7) is 10.5. The lowest BCUT2D eigenvalue weighted by molar-refractivity contribution is 0.0426. The predicted molar refractivity (Wildman–Crippen MR) is 127 cm³/mol. The molecule has 11 heteroatoms. The van der Waals surface area contributed by atoms with Crippen LogP contribution in [-0.4, -0.2) is 80.6 Å². The molecule has 3 aromatic heterocycles. The number of aromatic nitrogens is 4. The predicted octanol–water partition coefficient (Wildman–Crippen LogP) is 2.82. The van der Waals surface area contributed by atoms with E-state index in [1.54, 1.807) is 11.3 Å². The van der Waals surface area contributed by atoms with E-state index in [0.29, 0.717) is 30.6 Å². The van der Waals surface area contributed by atoms with Crippen molar-refractivity contribution in [2.45, 2.75) is 33.4 Å². The average molecular weight is 485 g/mol. The fourth-order valence-corrected chi connectivity index (χ4v) is 5.01. The summed E-state index contributed by atoms with van der Waals surface area (Å²) in [4.78, 5) is 13.5. The second-order valence-electron chi connectivity index (χ2n) is 8.61. The van der Waals surface area contributed by atoms with Crippen LogP contribution in [0.3, 0.4) is 0 Å². The first-order chi connectivity index (χ1) is 16.4. The molecule has 0 bridgehead atoms.